The van der Waals surface area contributed by atoms with E-state index in [1.807, 2.05) is 6.07 Å². The summed E-state index contributed by atoms with van der Waals surface area (Å²) >= 11 is 0. The minimum absolute atomic E-state index is 0.0830. The molecule has 2 aromatic rings. The summed E-state index contributed by atoms with van der Waals surface area (Å²) in [7, 11) is -3.16. The van der Waals surface area contributed by atoms with E-state index in [0.29, 0.717) is 13.1 Å². The number of likely N-dealkylation sites (tertiary alicyclic amines) is 1. The third-order valence-corrected chi connectivity index (χ3v) is 9.20. The Hall–Kier alpha value is -2.62. The molecule has 4 rings (SSSR count). The van der Waals surface area contributed by atoms with Crippen LogP contribution in [0.5, 0.6) is 0 Å². The number of aromatic nitrogens is 2. The number of carbonyl (C=O) groups excluding carboxylic acids is 1. The van der Waals surface area contributed by atoms with Gasteiger partial charge in [-0.3, -0.25) is 0 Å². The molecule has 1 N–H and O–H groups in total. The predicted molar refractivity (Wildman–Crippen MR) is 139 cm³/mol. The molecular formula is C27H36F2N4O3S. The number of hydrogen-bond donors (Lipinski definition) is 1. The van der Waals surface area contributed by atoms with Crippen LogP contribution in [-0.4, -0.2) is 61.2 Å². The molecule has 0 bridgehead atoms. The van der Waals surface area contributed by atoms with E-state index in [2.05, 4.69) is 29.4 Å². The van der Waals surface area contributed by atoms with Gasteiger partial charge in [0, 0.05) is 31.3 Å². The average Bonchev–Trinajstić information content (AvgIpc) is 2.87. The van der Waals surface area contributed by atoms with Gasteiger partial charge in [0.15, 0.2) is 0 Å². The second kappa shape index (κ2) is 11.0. The molecule has 0 saturated carbocycles. The standard InChI is InChI=1S/C27H36F2N4O3S/c1-4-18-11-12-27(5-2,19-8-7-14-33(17-19)26(34)30-13-15-37(3,35)36)25-20(18)16-23(31-32-25)24-21(28)9-6-10-22(24)29/h6,9-10,16,18-19H,4-5,7-8,11-15,17H2,1-3H3,(H,30,34)/t18-,19-,27+/m0/s1. The van der Waals surface area contributed by atoms with Crippen molar-refractivity contribution in [2.75, 3.05) is 31.6 Å². The fraction of sp³-hybridized carbons (Fsp3) is 0.593. The third kappa shape index (κ3) is 5.63. The van der Waals surface area contributed by atoms with Crippen LogP contribution in [0.4, 0.5) is 13.6 Å². The fourth-order valence-corrected chi connectivity index (χ4v) is 6.67. The molecule has 1 aliphatic heterocycles. The van der Waals surface area contributed by atoms with Crippen molar-refractivity contribution in [3.63, 3.8) is 0 Å². The normalized spacial score (nSPS) is 24.0. The zero-order valence-electron chi connectivity index (χ0n) is 21.8. The maximum atomic E-state index is 14.5. The van der Waals surface area contributed by atoms with Crippen molar-refractivity contribution in [1.82, 2.24) is 20.4 Å². The highest BCUT2D eigenvalue weighted by Gasteiger charge is 2.47. The van der Waals surface area contributed by atoms with E-state index in [1.54, 1.807) is 4.90 Å². The summed E-state index contributed by atoms with van der Waals surface area (Å²) in [5.41, 5.74) is 1.63. The minimum atomic E-state index is -3.16. The van der Waals surface area contributed by atoms with E-state index >= 15 is 0 Å². The highest BCUT2D eigenvalue weighted by atomic mass is 32.2. The van der Waals surface area contributed by atoms with Crippen LogP contribution in [0.3, 0.4) is 0 Å². The van der Waals surface area contributed by atoms with Crippen LogP contribution in [0.15, 0.2) is 24.3 Å². The van der Waals surface area contributed by atoms with Crippen LogP contribution in [0.2, 0.25) is 0 Å². The van der Waals surface area contributed by atoms with Gasteiger partial charge in [-0.2, -0.15) is 10.2 Å². The van der Waals surface area contributed by atoms with E-state index in [1.165, 1.54) is 18.2 Å². The lowest BCUT2D eigenvalue weighted by molar-refractivity contribution is 0.105. The number of fused-ring (bicyclic) bond motifs is 1. The second-order valence-corrected chi connectivity index (χ2v) is 12.7. The zero-order valence-corrected chi connectivity index (χ0v) is 22.6. The number of hydrogen-bond acceptors (Lipinski definition) is 5. The average molecular weight is 535 g/mol. The molecule has 10 heteroatoms. The summed E-state index contributed by atoms with van der Waals surface area (Å²) < 4.78 is 51.9. The first-order chi connectivity index (χ1) is 17.6. The molecule has 3 atom stereocenters. The Labute approximate surface area is 218 Å². The van der Waals surface area contributed by atoms with Gasteiger partial charge in [0.05, 0.1) is 22.7 Å². The Morgan fingerprint density at radius 1 is 1.19 bits per heavy atom. The zero-order chi connectivity index (χ0) is 26.8. The number of urea groups is 1. The number of piperidine rings is 1. The van der Waals surface area contributed by atoms with Crippen LogP contribution in [-0.2, 0) is 15.3 Å². The second-order valence-electron chi connectivity index (χ2n) is 10.4. The number of benzene rings is 1. The molecule has 1 saturated heterocycles. The summed E-state index contributed by atoms with van der Waals surface area (Å²) in [5.74, 6) is -1.05. The van der Waals surface area contributed by atoms with Gasteiger partial charge in [-0.25, -0.2) is 22.0 Å². The summed E-state index contributed by atoms with van der Waals surface area (Å²) in [6.07, 6.45) is 6.46. The van der Waals surface area contributed by atoms with E-state index in [4.69, 9.17) is 0 Å². The molecule has 1 aromatic carbocycles. The first-order valence-electron chi connectivity index (χ1n) is 13.1. The lowest BCUT2D eigenvalue weighted by atomic mass is 9.59. The SMILES string of the molecule is CC[C@H]1CC[C@](CC)([C@H]2CCCN(C(=O)NCCS(C)(=O)=O)C2)c2nnc(-c3c(F)cccc3F)cc21. The molecule has 1 fully saturated rings. The van der Waals surface area contributed by atoms with E-state index in [-0.39, 0.29) is 46.8 Å². The maximum Gasteiger partial charge on any atom is 0.317 e. The summed E-state index contributed by atoms with van der Waals surface area (Å²) in [6.45, 7) is 5.48. The highest BCUT2D eigenvalue weighted by molar-refractivity contribution is 7.90. The number of amides is 2. The Balaban J connectivity index is 1.65. The molecule has 2 amide bonds. The van der Waals surface area contributed by atoms with Crippen LogP contribution in [0, 0.1) is 17.6 Å². The van der Waals surface area contributed by atoms with Gasteiger partial charge < -0.3 is 10.2 Å². The Morgan fingerprint density at radius 3 is 2.57 bits per heavy atom. The quantitative estimate of drug-likeness (QED) is 0.550. The number of sulfone groups is 1. The Bertz CT molecular complexity index is 1240. The monoisotopic (exact) mass is 534 g/mol. The van der Waals surface area contributed by atoms with Crippen LogP contribution >= 0.6 is 0 Å². The summed E-state index contributed by atoms with van der Waals surface area (Å²) in [4.78, 5) is 14.6. The van der Waals surface area contributed by atoms with Gasteiger partial charge in [-0.05, 0) is 74.1 Å². The van der Waals surface area contributed by atoms with Crippen molar-refractivity contribution in [3.05, 3.63) is 47.2 Å². The van der Waals surface area contributed by atoms with Crippen molar-refractivity contribution in [2.24, 2.45) is 5.92 Å². The third-order valence-electron chi connectivity index (χ3n) is 8.26. The predicted octanol–water partition coefficient (Wildman–Crippen LogP) is 4.82. The highest BCUT2D eigenvalue weighted by Crippen LogP contribution is 2.51. The van der Waals surface area contributed by atoms with E-state index < -0.39 is 21.5 Å². The number of halogens is 2. The van der Waals surface area contributed by atoms with Gasteiger partial charge in [0.2, 0.25) is 0 Å². The molecule has 37 heavy (non-hydrogen) atoms. The number of rotatable bonds is 7. The van der Waals surface area contributed by atoms with Gasteiger partial charge in [0.1, 0.15) is 21.5 Å². The number of carbonyl (C=O) groups is 1. The van der Waals surface area contributed by atoms with Crippen LogP contribution in [0.25, 0.3) is 11.3 Å². The molecule has 7 nitrogen and oxygen atoms in total. The van der Waals surface area contributed by atoms with E-state index in [9.17, 15) is 22.0 Å². The summed E-state index contributed by atoms with van der Waals surface area (Å²) in [6, 6.07) is 5.36. The van der Waals surface area contributed by atoms with Gasteiger partial charge >= 0.3 is 6.03 Å². The molecule has 202 valence electrons. The van der Waals surface area contributed by atoms with Crippen molar-refractivity contribution in [2.45, 2.75) is 63.7 Å². The van der Waals surface area contributed by atoms with Gasteiger partial charge in [-0.1, -0.05) is 19.9 Å². The Kier molecular flexibility index (Phi) is 8.16. The fourth-order valence-electron chi connectivity index (χ4n) is 6.20. The van der Waals surface area contributed by atoms with Crippen molar-refractivity contribution < 1.29 is 22.0 Å². The molecule has 0 unspecified atom stereocenters. The molecule has 0 spiro atoms. The molecule has 1 aromatic heterocycles. The maximum absolute atomic E-state index is 14.5. The number of nitrogens with zero attached hydrogens (tertiary/aromatic N) is 3. The van der Waals surface area contributed by atoms with Crippen molar-refractivity contribution >= 4 is 15.9 Å². The van der Waals surface area contributed by atoms with Crippen molar-refractivity contribution in [3.8, 4) is 11.3 Å². The summed E-state index contributed by atoms with van der Waals surface area (Å²) in [5, 5.41) is 11.7. The number of nitrogens with one attached hydrogen (secondary N) is 1. The first kappa shape index (κ1) is 27.4. The molecule has 1 aliphatic carbocycles. The molecule has 2 heterocycles. The largest absolute Gasteiger partial charge is 0.337 e. The lowest BCUT2D eigenvalue weighted by Crippen LogP contribution is -2.52. The molecular weight excluding hydrogens is 498 g/mol. The Morgan fingerprint density at radius 2 is 1.92 bits per heavy atom. The first-order valence-corrected chi connectivity index (χ1v) is 15.2. The molecule has 0 radical (unpaired) electrons. The minimum Gasteiger partial charge on any atom is -0.337 e. The van der Waals surface area contributed by atoms with Crippen molar-refractivity contribution in [1.29, 1.82) is 0 Å². The van der Waals surface area contributed by atoms with Crippen LogP contribution in [0.1, 0.15) is 69.5 Å². The van der Waals surface area contributed by atoms with Gasteiger partial charge in [0.25, 0.3) is 0 Å². The smallest absolute Gasteiger partial charge is 0.317 e. The lowest BCUT2D eigenvalue weighted by Gasteiger charge is -2.48. The topological polar surface area (TPSA) is 92.3 Å². The van der Waals surface area contributed by atoms with Crippen LogP contribution < -0.4 is 5.32 Å². The van der Waals surface area contributed by atoms with Gasteiger partial charge in [-0.15, -0.1) is 0 Å². The molecule has 2 aliphatic rings. The van der Waals surface area contributed by atoms with E-state index in [0.717, 1.165) is 56.0 Å².